The minimum absolute atomic E-state index is 0.0923. The van der Waals surface area contributed by atoms with Gasteiger partial charge in [0.05, 0.1) is 22.8 Å². The van der Waals surface area contributed by atoms with Crippen molar-refractivity contribution in [1.29, 1.82) is 0 Å². The molecule has 292 valence electrons. The number of carbonyl (C=O) groups excluding carboxylic acids is 3. The summed E-state index contributed by atoms with van der Waals surface area (Å²) in [5.41, 5.74) is 3.32. The number of tetrazole rings is 1. The van der Waals surface area contributed by atoms with Gasteiger partial charge >= 0.3 is 5.97 Å². The lowest BCUT2D eigenvalue weighted by Gasteiger charge is -2.34. The van der Waals surface area contributed by atoms with Gasteiger partial charge in [0.15, 0.2) is 0 Å². The summed E-state index contributed by atoms with van der Waals surface area (Å²) in [4.78, 5) is 54.4. The predicted molar refractivity (Wildman–Crippen MR) is 174 cm³/mol. The SMILES string of the molecule is CCCCC(=O)N(Cc1ccc(-c2ccccc2-c2nn[nH]n2)cc1)C(C(=O)NCC(=O)OCCCC(ON(O)O)C(ON(O)O)ON(O)O)C(C)C. The standard InChI is InChI=1S/C31H45N9O13/c1-4-5-12-26(41)37(19-21-13-15-22(16-14-21)23-9-6-7-10-24(23)29-33-35-36-34-29)28(20(2)3)30(43)32-18-27(42)50-17-8-11-25(51-38(44)45)31(52-39(46)47)53-40(48)49/h6-7,9-10,13-16,20,25,28,31,44-49H,4-5,8,11-12,17-19H2,1-3H3,(H,32,43)(H,33,34,35,36). The molecule has 0 bridgehead atoms. The van der Waals surface area contributed by atoms with Gasteiger partial charge in [0, 0.05) is 18.5 Å². The van der Waals surface area contributed by atoms with E-state index in [9.17, 15) is 14.4 Å². The Labute approximate surface area is 303 Å². The Hall–Kier alpha value is -4.56. The maximum atomic E-state index is 13.5. The van der Waals surface area contributed by atoms with Crippen LogP contribution in [0.5, 0.6) is 0 Å². The third-order valence-corrected chi connectivity index (χ3v) is 7.66. The van der Waals surface area contributed by atoms with Gasteiger partial charge in [-0.3, -0.25) is 45.6 Å². The maximum absolute atomic E-state index is 13.5. The first-order valence-corrected chi connectivity index (χ1v) is 16.5. The van der Waals surface area contributed by atoms with E-state index in [-0.39, 0.29) is 44.2 Å². The molecular formula is C31H45N9O13. The summed E-state index contributed by atoms with van der Waals surface area (Å²) < 4.78 is 5.12. The fourth-order valence-corrected chi connectivity index (χ4v) is 5.30. The molecule has 1 aromatic heterocycles. The number of carbonyl (C=O) groups is 3. The molecule has 0 fully saturated rings. The zero-order chi connectivity index (χ0) is 38.9. The van der Waals surface area contributed by atoms with Crippen molar-refractivity contribution >= 4 is 17.8 Å². The monoisotopic (exact) mass is 751 g/mol. The van der Waals surface area contributed by atoms with E-state index in [2.05, 4.69) is 40.5 Å². The Morgan fingerprint density at radius 2 is 1.51 bits per heavy atom. The number of H-pyrrole nitrogens is 1. The van der Waals surface area contributed by atoms with E-state index in [1.807, 2.05) is 55.5 Å². The summed E-state index contributed by atoms with van der Waals surface area (Å²) in [6.07, 6.45) is -2.49. The number of benzene rings is 2. The van der Waals surface area contributed by atoms with Crippen LogP contribution in [0, 0.1) is 5.92 Å². The first kappa shape index (κ1) is 42.8. The number of nitrogens with one attached hydrogen (secondary N) is 2. The molecule has 1 heterocycles. The molecule has 8 N–H and O–H groups in total. The minimum atomic E-state index is -2.06. The van der Waals surface area contributed by atoms with E-state index in [1.54, 1.807) is 13.8 Å². The second kappa shape index (κ2) is 21.8. The van der Waals surface area contributed by atoms with Gasteiger partial charge in [0.2, 0.25) is 23.9 Å². The molecule has 0 spiro atoms. The molecule has 0 saturated heterocycles. The van der Waals surface area contributed by atoms with Crippen LogP contribution in [-0.2, 0) is 40.2 Å². The van der Waals surface area contributed by atoms with E-state index in [0.717, 1.165) is 28.7 Å². The van der Waals surface area contributed by atoms with Gasteiger partial charge < -0.3 is 15.0 Å². The highest BCUT2D eigenvalue weighted by Crippen LogP contribution is 2.30. The molecular weight excluding hydrogens is 706 g/mol. The molecule has 3 rings (SSSR count). The van der Waals surface area contributed by atoms with Gasteiger partial charge in [-0.15, -0.1) is 10.2 Å². The molecule has 0 aliphatic rings. The number of ether oxygens (including phenoxy) is 1. The van der Waals surface area contributed by atoms with Crippen LogP contribution in [0.3, 0.4) is 0 Å². The van der Waals surface area contributed by atoms with Crippen molar-refractivity contribution in [3.8, 4) is 22.5 Å². The normalized spacial score (nSPS) is 12.9. The number of esters is 1. The topological polar surface area (TPSA) is 289 Å². The lowest BCUT2D eigenvalue weighted by molar-refractivity contribution is -0.605. The van der Waals surface area contributed by atoms with Crippen LogP contribution in [0.4, 0.5) is 0 Å². The Morgan fingerprint density at radius 3 is 2.08 bits per heavy atom. The molecule has 0 aliphatic heterocycles. The van der Waals surface area contributed by atoms with Gasteiger partial charge in [0.25, 0.3) is 0 Å². The molecule has 2 atom stereocenters. The quantitative estimate of drug-likeness (QED) is 0.0298. The number of aromatic amines is 1. The fraction of sp³-hybridized carbons (Fsp3) is 0.484. The van der Waals surface area contributed by atoms with Crippen molar-refractivity contribution in [2.75, 3.05) is 13.2 Å². The number of amides is 2. The molecule has 0 saturated carbocycles. The van der Waals surface area contributed by atoms with Crippen LogP contribution >= 0.6 is 0 Å². The molecule has 22 heteroatoms. The summed E-state index contributed by atoms with van der Waals surface area (Å²) in [6.45, 7) is 4.81. The second-order valence-corrected chi connectivity index (χ2v) is 11.9. The van der Waals surface area contributed by atoms with Crippen LogP contribution in [0.1, 0.15) is 58.4 Å². The minimum Gasteiger partial charge on any atom is -0.464 e. The van der Waals surface area contributed by atoms with Crippen molar-refractivity contribution in [3.05, 3.63) is 54.1 Å². The van der Waals surface area contributed by atoms with Crippen molar-refractivity contribution in [2.24, 2.45) is 5.92 Å². The molecule has 2 unspecified atom stereocenters. The molecule has 0 radical (unpaired) electrons. The number of unbranched alkanes of at least 4 members (excludes halogenated alkanes) is 1. The average molecular weight is 752 g/mol. The van der Waals surface area contributed by atoms with Gasteiger partial charge in [-0.25, -0.2) is 14.5 Å². The number of aromatic nitrogens is 4. The third-order valence-electron chi connectivity index (χ3n) is 7.66. The highest BCUT2D eigenvalue weighted by molar-refractivity contribution is 5.90. The molecule has 0 aliphatic carbocycles. The van der Waals surface area contributed by atoms with E-state index >= 15 is 0 Å². The van der Waals surface area contributed by atoms with Crippen LogP contribution in [0.15, 0.2) is 48.5 Å². The van der Waals surface area contributed by atoms with Crippen molar-refractivity contribution < 1.29 is 64.9 Å². The first-order valence-electron chi connectivity index (χ1n) is 16.5. The summed E-state index contributed by atoms with van der Waals surface area (Å²) in [5, 5.41) is 67.9. The molecule has 2 amide bonds. The van der Waals surface area contributed by atoms with Gasteiger partial charge in [-0.2, -0.15) is 5.21 Å². The molecule has 2 aromatic carbocycles. The number of rotatable bonds is 23. The van der Waals surface area contributed by atoms with Crippen LogP contribution < -0.4 is 5.32 Å². The largest absolute Gasteiger partial charge is 0.464 e. The van der Waals surface area contributed by atoms with E-state index in [0.29, 0.717) is 12.2 Å². The van der Waals surface area contributed by atoms with Crippen molar-refractivity contribution in [2.45, 2.75) is 77.9 Å². The zero-order valence-corrected chi connectivity index (χ0v) is 29.3. The lowest BCUT2D eigenvalue weighted by atomic mass is 9.97. The van der Waals surface area contributed by atoms with Crippen LogP contribution in [0.2, 0.25) is 0 Å². The third kappa shape index (κ3) is 14.1. The zero-order valence-electron chi connectivity index (χ0n) is 29.3. The molecule has 53 heavy (non-hydrogen) atoms. The highest BCUT2D eigenvalue weighted by Gasteiger charge is 2.33. The number of hydrogen-bond acceptors (Lipinski definition) is 19. The van der Waals surface area contributed by atoms with Crippen molar-refractivity contribution in [1.82, 2.24) is 47.0 Å². The summed E-state index contributed by atoms with van der Waals surface area (Å²) in [5.74, 6) is -1.54. The fourth-order valence-electron chi connectivity index (χ4n) is 5.30. The number of hydrogen-bond donors (Lipinski definition) is 8. The molecule has 3 aromatic rings. The average Bonchev–Trinajstić information content (AvgIpc) is 3.65. The highest BCUT2D eigenvalue weighted by atomic mass is 17.2. The second-order valence-electron chi connectivity index (χ2n) is 11.9. The van der Waals surface area contributed by atoms with Gasteiger partial charge in [-0.05, 0) is 47.1 Å². The molecule has 22 nitrogen and oxygen atoms in total. The van der Waals surface area contributed by atoms with Crippen molar-refractivity contribution in [3.63, 3.8) is 0 Å². The first-order chi connectivity index (χ1) is 25.3. The Kier molecular flexibility index (Phi) is 17.7. The van der Waals surface area contributed by atoms with E-state index in [1.165, 1.54) is 4.90 Å². The van der Waals surface area contributed by atoms with E-state index < -0.39 is 53.0 Å². The Morgan fingerprint density at radius 1 is 0.868 bits per heavy atom. The van der Waals surface area contributed by atoms with Crippen LogP contribution in [-0.4, -0.2) is 122 Å². The maximum Gasteiger partial charge on any atom is 0.325 e. The Balaban J connectivity index is 1.65. The number of nitrogens with zero attached hydrogens (tertiary/aromatic N) is 7. The summed E-state index contributed by atoms with van der Waals surface area (Å²) in [7, 11) is 0. The van der Waals surface area contributed by atoms with Gasteiger partial charge in [-0.1, -0.05) is 75.7 Å². The summed E-state index contributed by atoms with van der Waals surface area (Å²) >= 11 is 0. The predicted octanol–water partition coefficient (Wildman–Crippen LogP) is 2.25. The van der Waals surface area contributed by atoms with E-state index in [4.69, 9.17) is 36.0 Å². The summed E-state index contributed by atoms with van der Waals surface area (Å²) in [6, 6.07) is 14.2. The van der Waals surface area contributed by atoms with Gasteiger partial charge in [0.1, 0.15) is 18.7 Å². The Bertz CT molecular complexity index is 1540. The lowest BCUT2D eigenvalue weighted by Crippen LogP contribution is -2.52. The van der Waals surface area contributed by atoms with Crippen LogP contribution in [0.25, 0.3) is 22.5 Å². The smallest absolute Gasteiger partial charge is 0.325 e.